The van der Waals surface area contributed by atoms with Gasteiger partial charge in [-0.15, -0.1) is 0 Å². The van der Waals surface area contributed by atoms with E-state index < -0.39 is 132 Å². The monoisotopic (exact) mass is 832 g/mol. The molecule has 0 radical (unpaired) electrons. The molecule has 2 aliphatic carbocycles. The molecular weight excluding hydrogens is 769 g/mol. The van der Waals surface area contributed by atoms with Crippen LogP contribution in [0.25, 0.3) is 0 Å². The third-order valence-corrected chi connectivity index (χ3v) is 11.6. The normalized spacial score (nSPS) is 19.6. The summed E-state index contributed by atoms with van der Waals surface area (Å²) in [5.74, 6) is -9.42. The van der Waals surface area contributed by atoms with Crippen LogP contribution in [-0.4, -0.2) is 64.7 Å². The number of phenols is 3. The summed E-state index contributed by atoms with van der Waals surface area (Å²) in [6.45, 7) is 15.5. The maximum Gasteiger partial charge on any atom is 0.183 e. The third-order valence-electron chi connectivity index (χ3n) is 11.6. The fourth-order valence-electron chi connectivity index (χ4n) is 7.67. The predicted octanol–water partition coefficient (Wildman–Crippen LogP) is 10.3. The molecule has 12 heteroatoms. The van der Waals surface area contributed by atoms with Gasteiger partial charge in [-0.1, -0.05) is 69.8 Å². The van der Waals surface area contributed by atoms with Gasteiger partial charge in [-0.25, -0.2) is 0 Å². The SMILES string of the molecule is CCCCCC(=O)C1=C(O)C(Cc2c(O)c(CC3=C(O)[C@](C)(CC=C(C)C)C(=O)C(C(=O)CCCCC)=C3O)c(O)c(C(=O)CCC)c2O)=C(O)[C@](C)(CC=C(C)C)C1=O. The number of rotatable bonds is 21. The zero-order valence-electron chi connectivity index (χ0n) is 36.7. The Labute approximate surface area is 353 Å². The van der Waals surface area contributed by atoms with Gasteiger partial charge in [-0.2, -0.15) is 0 Å². The van der Waals surface area contributed by atoms with Crippen molar-refractivity contribution < 1.29 is 59.7 Å². The van der Waals surface area contributed by atoms with Gasteiger partial charge in [0.25, 0.3) is 0 Å². The van der Waals surface area contributed by atoms with Gasteiger partial charge >= 0.3 is 0 Å². The van der Waals surface area contributed by atoms with Crippen molar-refractivity contribution in [2.45, 2.75) is 152 Å². The van der Waals surface area contributed by atoms with Crippen LogP contribution in [0.4, 0.5) is 0 Å². The van der Waals surface area contributed by atoms with E-state index >= 15 is 0 Å². The van der Waals surface area contributed by atoms with Crippen molar-refractivity contribution in [2.75, 3.05) is 0 Å². The van der Waals surface area contributed by atoms with E-state index in [0.29, 0.717) is 25.7 Å². The minimum absolute atomic E-state index is 0.0744. The van der Waals surface area contributed by atoms with Crippen LogP contribution >= 0.6 is 0 Å². The first kappa shape index (κ1) is 49.0. The Morgan fingerprint density at radius 1 is 0.517 bits per heavy atom. The molecule has 0 saturated heterocycles. The lowest BCUT2D eigenvalue weighted by molar-refractivity contribution is -0.129. The molecule has 60 heavy (non-hydrogen) atoms. The number of benzene rings is 1. The van der Waals surface area contributed by atoms with Gasteiger partial charge in [-0.05, 0) is 73.6 Å². The Bertz CT molecular complexity index is 1980. The van der Waals surface area contributed by atoms with Gasteiger partial charge in [0.2, 0.25) is 0 Å². The summed E-state index contributed by atoms with van der Waals surface area (Å²) in [6.07, 6.45) is 5.40. The fraction of sp³-hybridized carbons (Fsp3) is 0.521. The summed E-state index contributed by atoms with van der Waals surface area (Å²) in [7, 11) is 0. The Morgan fingerprint density at radius 3 is 1.20 bits per heavy atom. The number of hydrogen-bond acceptors (Lipinski definition) is 12. The second-order valence-electron chi connectivity index (χ2n) is 17.1. The highest BCUT2D eigenvalue weighted by molar-refractivity contribution is 6.25. The van der Waals surface area contributed by atoms with Crippen molar-refractivity contribution in [1.29, 1.82) is 0 Å². The lowest BCUT2D eigenvalue weighted by Gasteiger charge is -2.34. The first-order valence-electron chi connectivity index (χ1n) is 21.0. The van der Waals surface area contributed by atoms with E-state index in [0.717, 1.165) is 24.0 Å². The summed E-state index contributed by atoms with van der Waals surface area (Å²) >= 11 is 0. The maximum absolute atomic E-state index is 14.0. The van der Waals surface area contributed by atoms with E-state index in [1.807, 2.05) is 13.8 Å². The Morgan fingerprint density at radius 2 is 0.883 bits per heavy atom. The van der Waals surface area contributed by atoms with Crippen molar-refractivity contribution in [2.24, 2.45) is 10.8 Å². The number of aromatic hydroxyl groups is 3. The maximum atomic E-state index is 14.0. The molecule has 0 spiro atoms. The average Bonchev–Trinajstić information content (AvgIpc) is 3.18. The number of ketones is 5. The molecule has 0 fully saturated rings. The quantitative estimate of drug-likeness (QED) is 0.0266. The summed E-state index contributed by atoms with van der Waals surface area (Å²) in [5.41, 5.74) is -5.45. The van der Waals surface area contributed by atoms with Crippen molar-refractivity contribution >= 4 is 28.9 Å². The van der Waals surface area contributed by atoms with Crippen molar-refractivity contribution in [3.8, 4) is 17.2 Å². The molecule has 1 aromatic carbocycles. The Balaban J connectivity index is 2.45. The summed E-state index contributed by atoms with van der Waals surface area (Å²) in [5, 5.41) is 82.5. The van der Waals surface area contributed by atoms with Gasteiger partial charge in [0.15, 0.2) is 28.9 Å². The molecule has 0 aromatic heterocycles. The van der Waals surface area contributed by atoms with Gasteiger partial charge in [0, 0.05) is 54.4 Å². The predicted molar refractivity (Wildman–Crippen MR) is 229 cm³/mol. The van der Waals surface area contributed by atoms with Crippen molar-refractivity contribution in [1.82, 2.24) is 0 Å². The molecule has 0 heterocycles. The molecule has 0 aliphatic heterocycles. The van der Waals surface area contributed by atoms with E-state index in [1.54, 1.807) is 46.8 Å². The second-order valence-corrected chi connectivity index (χ2v) is 17.1. The second kappa shape index (κ2) is 20.2. The summed E-state index contributed by atoms with van der Waals surface area (Å²) < 4.78 is 0. The molecule has 0 bridgehead atoms. The van der Waals surface area contributed by atoms with Gasteiger partial charge in [0.05, 0.1) is 10.8 Å². The molecule has 0 saturated carbocycles. The summed E-state index contributed by atoms with van der Waals surface area (Å²) in [6, 6.07) is 0. The Kier molecular flexibility index (Phi) is 16.5. The molecule has 328 valence electrons. The molecule has 1 aromatic rings. The van der Waals surface area contributed by atoms with E-state index in [2.05, 4.69) is 0 Å². The van der Waals surface area contributed by atoms with E-state index in [4.69, 9.17) is 0 Å². The minimum Gasteiger partial charge on any atom is -0.511 e. The number of phenolic OH excluding ortho intramolecular Hbond substituents is 3. The van der Waals surface area contributed by atoms with Crippen LogP contribution < -0.4 is 0 Å². The fourth-order valence-corrected chi connectivity index (χ4v) is 7.67. The van der Waals surface area contributed by atoms with E-state index in [1.165, 1.54) is 13.8 Å². The molecule has 12 nitrogen and oxygen atoms in total. The number of hydrogen-bond donors (Lipinski definition) is 7. The van der Waals surface area contributed by atoms with Gasteiger partial charge < -0.3 is 35.7 Å². The number of carbonyl (C=O) groups excluding carboxylic acids is 5. The Hall–Kier alpha value is -5.39. The van der Waals surface area contributed by atoms with Crippen LogP contribution in [0.5, 0.6) is 17.2 Å². The zero-order chi connectivity index (χ0) is 45.4. The summed E-state index contributed by atoms with van der Waals surface area (Å²) in [4.78, 5) is 69.0. The smallest absolute Gasteiger partial charge is 0.183 e. The minimum atomic E-state index is -1.77. The topological polar surface area (TPSA) is 227 Å². The van der Waals surface area contributed by atoms with E-state index in [-0.39, 0.29) is 38.5 Å². The molecule has 2 aliphatic rings. The zero-order valence-corrected chi connectivity index (χ0v) is 36.7. The average molecular weight is 833 g/mol. The van der Waals surface area contributed by atoms with Crippen LogP contribution in [0.3, 0.4) is 0 Å². The van der Waals surface area contributed by atoms with Crippen LogP contribution in [0.2, 0.25) is 0 Å². The van der Waals surface area contributed by atoms with Crippen LogP contribution in [-0.2, 0) is 32.0 Å². The molecule has 0 unspecified atom stereocenters. The van der Waals surface area contributed by atoms with Crippen LogP contribution in [0.15, 0.2) is 68.6 Å². The van der Waals surface area contributed by atoms with Crippen LogP contribution in [0, 0.1) is 10.8 Å². The van der Waals surface area contributed by atoms with Gasteiger partial charge in [-0.3, -0.25) is 24.0 Å². The van der Waals surface area contributed by atoms with Crippen LogP contribution in [0.1, 0.15) is 161 Å². The number of allylic oxidation sites excluding steroid dienone is 10. The first-order valence-corrected chi connectivity index (χ1v) is 21.0. The molecule has 0 amide bonds. The first-order chi connectivity index (χ1) is 28.1. The highest BCUT2D eigenvalue weighted by atomic mass is 16.3. The highest BCUT2D eigenvalue weighted by Gasteiger charge is 2.49. The standard InChI is InChI=1S/C48H64O12/c1-10-13-15-18-33(50)36-41(55)30(43(57)47(8,45(36)59)22-20-26(4)5)24-28-38(52)29(40(54)35(39(28)53)32(49)17-12-3)25-31-42(56)37(34(51)19-16-14-11-2)46(60)48(9,44(31)58)23-21-27(6)7/h20-21,52-58H,10-19,22-25H2,1-9H3/t47-,48-/m0/s1. The van der Waals surface area contributed by atoms with Crippen molar-refractivity contribution in [3.63, 3.8) is 0 Å². The van der Waals surface area contributed by atoms with Gasteiger partial charge in [0.1, 0.15) is 57.0 Å². The number of carbonyl (C=O) groups is 5. The highest BCUT2D eigenvalue weighted by Crippen LogP contribution is 2.50. The number of aliphatic hydroxyl groups is 4. The molecule has 2 atom stereocenters. The number of Topliss-reactive ketones (excluding diaryl/α,β-unsaturated/α-hetero) is 5. The third kappa shape index (κ3) is 9.79. The molecular formula is C48H64O12. The molecule has 7 N–H and O–H groups in total. The lowest BCUT2D eigenvalue weighted by Crippen LogP contribution is -2.39. The van der Waals surface area contributed by atoms with E-state index in [9.17, 15) is 59.7 Å². The largest absolute Gasteiger partial charge is 0.511 e. The lowest BCUT2D eigenvalue weighted by atomic mass is 9.69. The number of unbranched alkanes of at least 4 members (excludes halogenated alkanes) is 4. The van der Waals surface area contributed by atoms with Crippen molar-refractivity contribution in [3.05, 3.63) is 85.3 Å². The molecule has 3 rings (SSSR count). The number of aliphatic hydroxyl groups excluding tert-OH is 4.